The second-order valence-electron chi connectivity index (χ2n) is 8.89. The molecule has 1 aliphatic rings. The van der Waals surface area contributed by atoms with Crippen molar-refractivity contribution in [1.82, 2.24) is 10.2 Å². The molecule has 1 N–H and O–H groups in total. The van der Waals surface area contributed by atoms with Gasteiger partial charge in [-0.1, -0.05) is 32.0 Å². The standard InChI is InChI=1S/C26H33N3O3/c1-18(2)17-24(27-25(31)23-8-6-5-7-19(23)3)26(32)29-15-13-28(14-16-29)22-11-9-21(10-12-22)20(4)30/h5-12,18,24H,13-17H2,1-4H3,(H,27,31). The number of benzene rings is 2. The van der Waals surface area contributed by atoms with Gasteiger partial charge in [0.15, 0.2) is 5.78 Å². The number of carbonyl (C=O) groups excluding carboxylic acids is 3. The zero-order valence-corrected chi connectivity index (χ0v) is 19.4. The van der Waals surface area contributed by atoms with Gasteiger partial charge >= 0.3 is 0 Å². The van der Waals surface area contributed by atoms with Crippen molar-refractivity contribution >= 4 is 23.3 Å². The number of nitrogens with zero attached hydrogens (tertiary/aromatic N) is 2. The first-order chi connectivity index (χ1) is 15.3. The van der Waals surface area contributed by atoms with Crippen LogP contribution in [0, 0.1) is 12.8 Å². The molecule has 6 heteroatoms. The van der Waals surface area contributed by atoms with Gasteiger partial charge < -0.3 is 15.1 Å². The molecule has 1 aliphatic heterocycles. The SMILES string of the molecule is CC(=O)c1ccc(N2CCN(C(=O)C(CC(C)C)NC(=O)c3ccccc3C)CC2)cc1. The van der Waals surface area contributed by atoms with E-state index in [-0.39, 0.29) is 23.5 Å². The summed E-state index contributed by atoms with van der Waals surface area (Å²) in [5, 5.41) is 2.99. The fourth-order valence-electron chi connectivity index (χ4n) is 4.07. The monoisotopic (exact) mass is 435 g/mol. The molecule has 3 rings (SSSR count). The van der Waals surface area contributed by atoms with E-state index in [1.54, 1.807) is 13.0 Å². The van der Waals surface area contributed by atoms with E-state index in [4.69, 9.17) is 0 Å². The van der Waals surface area contributed by atoms with Gasteiger partial charge in [-0.25, -0.2) is 0 Å². The first-order valence-corrected chi connectivity index (χ1v) is 11.3. The molecule has 1 saturated heterocycles. The lowest BCUT2D eigenvalue weighted by Crippen LogP contribution is -2.55. The number of hydrogen-bond acceptors (Lipinski definition) is 4. The third-order valence-electron chi connectivity index (χ3n) is 5.93. The van der Waals surface area contributed by atoms with Crippen LogP contribution in [-0.4, -0.2) is 54.7 Å². The van der Waals surface area contributed by atoms with Crippen molar-refractivity contribution in [3.05, 3.63) is 65.2 Å². The average molecular weight is 436 g/mol. The maximum Gasteiger partial charge on any atom is 0.252 e. The summed E-state index contributed by atoms with van der Waals surface area (Å²) in [4.78, 5) is 41.7. The van der Waals surface area contributed by atoms with Crippen LogP contribution in [0.15, 0.2) is 48.5 Å². The zero-order valence-electron chi connectivity index (χ0n) is 19.4. The van der Waals surface area contributed by atoms with E-state index in [1.807, 2.05) is 54.3 Å². The Labute approximate surface area is 190 Å². The highest BCUT2D eigenvalue weighted by molar-refractivity contribution is 5.98. The molecule has 0 aliphatic carbocycles. The van der Waals surface area contributed by atoms with E-state index >= 15 is 0 Å². The molecule has 1 atom stereocenters. The quantitative estimate of drug-likeness (QED) is 0.674. The molecular formula is C26H33N3O3. The van der Waals surface area contributed by atoms with Crippen LogP contribution in [0.25, 0.3) is 0 Å². The van der Waals surface area contributed by atoms with Crippen LogP contribution in [0.3, 0.4) is 0 Å². The van der Waals surface area contributed by atoms with Gasteiger partial charge in [0.2, 0.25) is 5.91 Å². The molecular weight excluding hydrogens is 402 g/mol. The van der Waals surface area contributed by atoms with E-state index in [2.05, 4.69) is 24.1 Å². The third-order valence-corrected chi connectivity index (χ3v) is 5.93. The number of amides is 2. The molecule has 170 valence electrons. The van der Waals surface area contributed by atoms with E-state index in [9.17, 15) is 14.4 Å². The highest BCUT2D eigenvalue weighted by Gasteiger charge is 2.29. The van der Waals surface area contributed by atoms with Crippen LogP contribution < -0.4 is 10.2 Å². The second kappa shape index (κ2) is 10.4. The molecule has 2 aromatic carbocycles. The van der Waals surface area contributed by atoms with Gasteiger partial charge in [0, 0.05) is 43.0 Å². The molecule has 32 heavy (non-hydrogen) atoms. The number of Topliss-reactive ketones (excluding diaryl/α,β-unsaturated/α-hetero) is 1. The molecule has 1 heterocycles. The average Bonchev–Trinajstić information content (AvgIpc) is 2.78. The normalized spacial score (nSPS) is 14.9. The second-order valence-corrected chi connectivity index (χ2v) is 8.89. The smallest absolute Gasteiger partial charge is 0.252 e. The number of piperazine rings is 1. The molecule has 2 aromatic rings. The molecule has 0 radical (unpaired) electrons. The summed E-state index contributed by atoms with van der Waals surface area (Å²) in [7, 11) is 0. The topological polar surface area (TPSA) is 69.7 Å². The van der Waals surface area contributed by atoms with Gasteiger partial charge in [-0.15, -0.1) is 0 Å². The fraction of sp³-hybridized carbons (Fsp3) is 0.423. The van der Waals surface area contributed by atoms with Crippen molar-refractivity contribution in [2.75, 3.05) is 31.1 Å². The van der Waals surface area contributed by atoms with Gasteiger partial charge in [0.25, 0.3) is 5.91 Å². The van der Waals surface area contributed by atoms with Gasteiger partial charge in [-0.05, 0) is 62.1 Å². The number of carbonyl (C=O) groups is 3. The Morgan fingerprint density at radius 3 is 2.12 bits per heavy atom. The molecule has 0 bridgehead atoms. The van der Waals surface area contributed by atoms with E-state index < -0.39 is 6.04 Å². The van der Waals surface area contributed by atoms with Crippen LogP contribution in [0.4, 0.5) is 5.69 Å². The summed E-state index contributed by atoms with van der Waals surface area (Å²) >= 11 is 0. The Morgan fingerprint density at radius 2 is 1.56 bits per heavy atom. The minimum absolute atomic E-state index is 0.0211. The molecule has 0 aromatic heterocycles. The summed E-state index contributed by atoms with van der Waals surface area (Å²) in [6.45, 7) is 10.2. The lowest BCUT2D eigenvalue weighted by molar-refractivity contribution is -0.134. The highest BCUT2D eigenvalue weighted by atomic mass is 16.2. The van der Waals surface area contributed by atoms with Crippen LogP contribution in [0.5, 0.6) is 0 Å². The van der Waals surface area contributed by atoms with Crippen molar-refractivity contribution < 1.29 is 14.4 Å². The fourth-order valence-corrected chi connectivity index (χ4v) is 4.07. The largest absolute Gasteiger partial charge is 0.368 e. The van der Waals surface area contributed by atoms with Crippen molar-refractivity contribution in [1.29, 1.82) is 0 Å². The number of nitrogens with one attached hydrogen (secondary N) is 1. The Bertz CT molecular complexity index is 961. The Hall–Kier alpha value is -3.15. The molecule has 1 unspecified atom stereocenters. The first-order valence-electron chi connectivity index (χ1n) is 11.3. The minimum atomic E-state index is -0.538. The number of aryl methyl sites for hydroxylation is 1. The van der Waals surface area contributed by atoms with Crippen molar-refractivity contribution in [3.8, 4) is 0 Å². The summed E-state index contributed by atoms with van der Waals surface area (Å²) < 4.78 is 0. The Morgan fingerprint density at radius 1 is 0.938 bits per heavy atom. The summed E-state index contributed by atoms with van der Waals surface area (Å²) in [5.74, 6) is 0.108. The highest BCUT2D eigenvalue weighted by Crippen LogP contribution is 2.19. The molecule has 0 spiro atoms. The maximum atomic E-state index is 13.3. The summed E-state index contributed by atoms with van der Waals surface area (Å²) in [6, 6.07) is 14.5. The van der Waals surface area contributed by atoms with Gasteiger partial charge in [0.1, 0.15) is 6.04 Å². The maximum absolute atomic E-state index is 13.3. The van der Waals surface area contributed by atoms with E-state index in [0.717, 1.165) is 11.3 Å². The summed E-state index contributed by atoms with van der Waals surface area (Å²) in [6.07, 6.45) is 0.600. The van der Waals surface area contributed by atoms with E-state index in [0.29, 0.717) is 43.7 Å². The molecule has 2 amide bonds. The van der Waals surface area contributed by atoms with Crippen molar-refractivity contribution in [3.63, 3.8) is 0 Å². The Kier molecular flexibility index (Phi) is 7.67. The third kappa shape index (κ3) is 5.75. The van der Waals surface area contributed by atoms with Gasteiger partial charge in [0.05, 0.1) is 0 Å². The molecule has 6 nitrogen and oxygen atoms in total. The number of anilines is 1. The Balaban J connectivity index is 1.64. The number of ketones is 1. The van der Waals surface area contributed by atoms with Gasteiger partial charge in [-0.2, -0.15) is 0 Å². The first kappa shape index (κ1) is 23.5. The van der Waals surface area contributed by atoms with Crippen LogP contribution >= 0.6 is 0 Å². The molecule has 0 saturated carbocycles. The lowest BCUT2D eigenvalue weighted by atomic mass is 10.0. The van der Waals surface area contributed by atoms with Crippen LogP contribution in [-0.2, 0) is 4.79 Å². The minimum Gasteiger partial charge on any atom is -0.368 e. The lowest BCUT2D eigenvalue weighted by Gasteiger charge is -2.38. The zero-order chi connectivity index (χ0) is 23.3. The summed E-state index contributed by atoms with van der Waals surface area (Å²) in [5.41, 5.74) is 3.25. The number of hydrogen-bond donors (Lipinski definition) is 1. The number of rotatable bonds is 7. The van der Waals surface area contributed by atoms with Crippen molar-refractivity contribution in [2.24, 2.45) is 5.92 Å². The van der Waals surface area contributed by atoms with Gasteiger partial charge in [-0.3, -0.25) is 14.4 Å². The van der Waals surface area contributed by atoms with Crippen molar-refractivity contribution in [2.45, 2.75) is 40.2 Å². The molecule has 1 fully saturated rings. The predicted octanol–water partition coefficient (Wildman–Crippen LogP) is 3.69. The predicted molar refractivity (Wildman–Crippen MR) is 127 cm³/mol. The van der Waals surface area contributed by atoms with Crippen LogP contribution in [0.1, 0.15) is 53.5 Å². The van der Waals surface area contributed by atoms with Crippen LogP contribution in [0.2, 0.25) is 0 Å². The van der Waals surface area contributed by atoms with E-state index in [1.165, 1.54) is 0 Å².